The van der Waals surface area contributed by atoms with Gasteiger partial charge >= 0.3 is 11.9 Å². The lowest BCUT2D eigenvalue weighted by Gasteiger charge is -2.40. The van der Waals surface area contributed by atoms with Crippen LogP contribution in [0.3, 0.4) is 0 Å². The Kier molecular flexibility index (Phi) is 21.3. The molecule has 0 spiro atoms. The Morgan fingerprint density at radius 1 is 0.860 bits per heavy atom. The van der Waals surface area contributed by atoms with Gasteiger partial charge < -0.3 is 39.4 Å². The zero-order chi connectivity index (χ0) is 31.9. The van der Waals surface area contributed by atoms with Gasteiger partial charge in [0.1, 0.15) is 43.7 Å². The molecule has 0 bridgehead atoms. The standard InChI is InChI=1S/C33H52O10/c1-4-7-8-9-10-11-12-13-14-15-16-17-18-19-20-21-28(35)40-22-26(34)23-42-33-31(38)30(37)29(36)27(43-33)24-41-32(39)25(5-2)6-3/h5-8,10-11,13-14,26-27,29-31,33-34,36-38H,2,4,9,12,15-24H2,1,3H3/b8-7-,11-10-,14-13-,25-6+. The third-order valence-electron chi connectivity index (χ3n) is 6.74. The lowest BCUT2D eigenvalue weighted by Crippen LogP contribution is -2.59. The predicted molar refractivity (Wildman–Crippen MR) is 164 cm³/mol. The van der Waals surface area contributed by atoms with Crippen molar-refractivity contribution in [1.29, 1.82) is 0 Å². The van der Waals surface area contributed by atoms with Crippen molar-refractivity contribution >= 4 is 11.9 Å². The number of carbonyl (C=O) groups is 2. The number of aliphatic hydroxyl groups excluding tert-OH is 4. The Morgan fingerprint density at radius 3 is 2.19 bits per heavy atom. The van der Waals surface area contributed by atoms with Crippen LogP contribution in [0.15, 0.2) is 60.8 Å². The molecule has 6 unspecified atom stereocenters. The highest BCUT2D eigenvalue weighted by Crippen LogP contribution is 2.23. The van der Waals surface area contributed by atoms with Crippen LogP contribution in [-0.2, 0) is 28.5 Å². The van der Waals surface area contributed by atoms with Crippen molar-refractivity contribution in [2.45, 2.75) is 115 Å². The van der Waals surface area contributed by atoms with Gasteiger partial charge in [0.2, 0.25) is 0 Å². The van der Waals surface area contributed by atoms with Crippen LogP contribution in [0.5, 0.6) is 0 Å². The average molecular weight is 609 g/mol. The Morgan fingerprint density at radius 2 is 1.51 bits per heavy atom. The summed E-state index contributed by atoms with van der Waals surface area (Å²) in [6, 6.07) is 0. The Hall–Kier alpha value is -2.60. The van der Waals surface area contributed by atoms with Gasteiger partial charge in [-0.05, 0) is 45.4 Å². The first-order valence-electron chi connectivity index (χ1n) is 15.3. The second kappa shape index (κ2) is 23.8. The van der Waals surface area contributed by atoms with Crippen LogP contribution < -0.4 is 0 Å². The minimum Gasteiger partial charge on any atom is -0.463 e. The molecule has 0 aromatic rings. The first-order valence-corrected chi connectivity index (χ1v) is 15.3. The summed E-state index contributed by atoms with van der Waals surface area (Å²) >= 11 is 0. The van der Waals surface area contributed by atoms with Crippen molar-refractivity contribution in [2.75, 3.05) is 19.8 Å². The number of aliphatic hydroxyl groups is 4. The maximum atomic E-state index is 12.0. The van der Waals surface area contributed by atoms with Crippen LogP contribution >= 0.6 is 0 Å². The summed E-state index contributed by atoms with van der Waals surface area (Å²) in [6.07, 6.45) is 16.5. The van der Waals surface area contributed by atoms with Crippen LogP contribution in [0.2, 0.25) is 0 Å². The smallest absolute Gasteiger partial charge is 0.337 e. The molecule has 244 valence electrons. The molecular weight excluding hydrogens is 556 g/mol. The lowest BCUT2D eigenvalue weighted by atomic mass is 9.99. The van der Waals surface area contributed by atoms with E-state index in [0.717, 1.165) is 51.4 Å². The monoisotopic (exact) mass is 608 g/mol. The topological polar surface area (TPSA) is 152 Å². The van der Waals surface area contributed by atoms with Gasteiger partial charge in [-0.15, -0.1) is 0 Å². The highest BCUT2D eigenvalue weighted by molar-refractivity contribution is 5.91. The van der Waals surface area contributed by atoms with Crippen LogP contribution in [0.25, 0.3) is 0 Å². The SMILES string of the molecule is C=C/C(=C\C)C(=O)OCC1OC(OCC(O)COC(=O)CCCCCCC/C=C\C/C=C\C/C=C\CC)C(O)C(O)C1O. The van der Waals surface area contributed by atoms with Crippen molar-refractivity contribution in [2.24, 2.45) is 0 Å². The highest BCUT2D eigenvalue weighted by Gasteiger charge is 2.45. The normalized spacial score (nSPS) is 23.7. The summed E-state index contributed by atoms with van der Waals surface area (Å²) in [7, 11) is 0. The molecule has 6 atom stereocenters. The van der Waals surface area contributed by atoms with Gasteiger partial charge in [-0.3, -0.25) is 4.79 Å². The van der Waals surface area contributed by atoms with E-state index in [2.05, 4.69) is 50.0 Å². The number of rotatable bonds is 22. The third kappa shape index (κ3) is 16.7. The minimum atomic E-state index is -1.64. The molecule has 0 aromatic heterocycles. The van der Waals surface area contributed by atoms with Gasteiger partial charge in [-0.2, -0.15) is 0 Å². The summed E-state index contributed by atoms with van der Waals surface area (Å²) in [6.45, 7) is 6.17. The van der Waals surface area contributed by atoms with E-state index in [1.807, 2.05) is 0 Å². The summed E-state index contributed by atoms with van der Waals surface area (Å²) < 4.78 is 21.0. The minimum absolute atomic E-state index is 0.213. The van der Waals surface area contributed by atoms with Crippen molar-refractivity contribution in [3.05, 3.63) is 60.8 Å². The zero-order valence-electron chi connectivity index (χ0n) is 25.7. The number of allylic oxidation sites excluding steroid dienone is 7. The second-order valence-corrected chi connectivity index (χ2v) is 10.3. The van der Waals surface area contributed by atoms with Gasteiger partial charge in [0.25, 0.3) is 0 Å². The van der Waals surface area contributed by atoms with Crippen LogP contribution in [0.1, 0.15) is 78.1 Å². The number of esters is 2. The van der Waals surface area contributed by atoms with Crippen LogP contribution in [0.4, 0.5) is 0 Å². The maximum absolute atomic E-state index is 12.0. The van der Waals surface area contributed by atoms with E-state index in [1.165, 1.54) is 12.2 Å². The Bertz CT molecular complexity index is 909. The van der Waals surface area contributed by atoms with E-state index in [0.29, 0.717) is 6.42 Å². The van der Waals surface area contributed by atoms with Crippen LogP contribution in [-0.4, -0.2) is 89.0 Å². The molecule has 0 radical (unpaired) electrons. The first-order chi connectivity index (χ1) is 20.7. The van der Waals surface area contributed by atoms with E-state index < -0.39 is 55.4 Å². The van der Waals surface area contributed by atoms with Crippen LogP contribution in [0, 0.1) is 0 Å². The molecule has 4 N–H and O–H groups in total. The number of hydrogen-bond acceptors (Lipinski definition) is 10. The highest BCUT2D eigenvalue weighted by atomic mass is 16.7. The molecule has 0 amide bonds. The molecular formula is C33H52O10. The molecule has 1 fully saturated rings. The summed E-state index contributed by atoms with van der Waals surface area (Å²) in [5.74, 6) is -1.11. The van der Waals surface area contributed by atoms with E-state index in [-0.39, 0.29) is 25.2 Å². The molecule has 1 aliphatic heterocycles. The quantitative estimate of drug-likeness (QED) is 0.0467. The predicted octanol–water partition coefficient (Wildman–Crippen LogP) is 3.98. The number of ether oxygens (including phenoxy) is 4. The first kappa shape index (κ1) is 38.4. The van der Waals surface area contributed by atoms with Gasteiger partial charge in [-0.1, -0.05) is 81.4 Å². The van der Waals surface area contributed by atoms with Crippen molar-refractivity contribution < 1.29 is 49.0 Å². The van der Waals surface area contributed by atoms with Gasteiger partial charge in [0.05, 0.1) is 12.2 Å². The largest absolute Gasteiger partial charge is 0.463 e. The van der Waals surface area contributed by atoms with Gasteiger partial charge in [0.15, 0.2) is 6.29 Å². The maximum Gasteiger partial charge on any atom is 0.337 e. The number of hydrogen-bond donors (Lipinski definition) is 4. The van der Waals surface area contributed by atoms with Gasteiger partial charge in [-0.25, -0.2) is 4.79 Å². The van der Waals surface area contributed by atoms with Crippen molar-refractivity contribution in [1.82, 2.24) is 0 Å². The molecule has 43 heavy (non-hydrogen) atoms. The molecule has 1 saturated heterocycles. The van der Waals surface area contributed by atoms with Crippen molar-refractivity contribution in [3.63, 3.8) is 0 Å². The summed E-state index contributed by atoms with van der Waals surface area (Å²) in [5.41, 5.74) is 0.213. The average Bonchev–Trinajstić information content (AvgIpc) is 3.00. The van der Waals surface area contributed by atoms with E-state index in [1.54, 1.807) is 6.92 Å². The Labute approximate surface area is 256 Å². The number of unbranched alkanes of at least 4 members (excludes halogenated alkanes) is 5. The molecule has 1 aliphatic rings. The summed E-state index contributed by atoms with van der Waals surface area (Å²) in [5, 5.41) is 40.7. The fourth-order valence-electron chi connectivity index (χ4n) is 4.16. The second-order valence-electron chi connectivity index (χ2n) is 10.3. The molecule has 0 saturated carbocycles. The molecule has 1 rings (SSSR count). The van der Waals surface area contributed by atoms with Gasteiger partial charge in [0, 0.05) is 6.42 Å². The molecule has 1 heterocycles. The van der Waals surface area contributed by atoms with E-state index in [4.69, 9.17) is 18.9 Å². The van der Waals surface area contributed by atoms with E-state index in [9.17, 15) is 30.0 Å². The van der Waals surface area contributed by atoms with Crippen molar-refractivity contribution in [3.8, 4) is 0 Å². The number of carbonyl (C=O) groups excluding carboxylic acids is 2. The summed E-state index contributed by atoms with van der Waals surface area (Å²) in [4.78, 5) is 24.0. The van der Waals surface area contributed by atoms with E-state index >= 15 is 0 Å². The third-order valence-corrected chi connectivity index (χ3v) is 6.74. The fourth-order valence-corrected chi connectivity index (χ4v) is 4.16. The zero-order valence-corrected chi connectivity index (χ0v) is 25.7. The Balaban J connectivity index is 2.19. The lowest BCUT2D eigenvalue weighted by molar-refractivity contribution is -0.305. The fraction of sp³-hybridized carbons (Fsp3) is 0.636. The molecule has 10 nitrogen and oxygen atoms in total. The molecule has 0 aromatic carbocycles. The molecule has 10 heteroatoms. The molecule has 0 aliphatic carbocycles.